The molecule has 1 amide bonds. The Balaban J connectivity index is 2.06. The molecular formula is C21H29NO7. The van der Waals surface area contributed by atoms with E-state index in [9.17, 15) is 19.5 Å². The second-order valence-electron chi connectivity index (χ2n) is 7.21. The van der Waals surface area contributed by atoms with Crippen molar-refractivity contribution in [3.8, 4) is 0 Å². The summed E-state index contributed by atoms with van der Waals surface area (Å²) in [6.07, 6.45) is -1.95. The highest BCUT2D eigenvalue weighted by Gasteiger charge is 2.41. The second kappa shape index (κ2) is 10.8. The maximum atomic E-state index is 12.5. The van der Waals surface area contributed by atoms with E-state index >= 15 is 0 Å². The predicted octanol–water partition coefficient (Wildman–Crippen LogP) is 2.33. The third kappa shape index (κ3) is 6.45. The molecule has 8 nitrogen and oxygen atoms in total. The van der Waals surface area contributed by atoms with Gasteiger partial charge in [-0.15, -0.1) is 0 Å². The first-order valence-corrected chi connectivity index (χ1v) is 9.89. The summed E-state index contributed by atoms with van der Waals surface area (Å²) >= 11 is 0. The fourth-order valence-corrected chi connectivity index (χ4v) is 3.10. The molecule has 1 aromatic carbocycles. The van der Waals surface area contributed by atoms with E-state index in [4.69, 9.17) is 14.2 Å². The number of ether oxygens (including phenoxy) is 3. The number of rotatable bonds is 6. The van der Waals surface area contributed by atoms with E-state index in [0.29, 0.717) is 6.42 Å². The van der Waals surface area contributed by atoms with Crippen molar-refractivity contribution in [2.24, 2.45) is 5.92 Å². The molecule has 8 heteroatoms. The molecule has 1 heterocycles. The number of aliphatic hydroxyl groups is 1. The zero-order chi connectivity index (χ0) is 21.4. The molecule has 0 bridgehead atoms. The molecule has 1 aliphatic rings. The van der Waals surface area contributed by atoms with Crippen molar-refractivity contribution in [1.29, 1.82) is 0 Å². The van der Waals surface area contributed by atoms with Crippen LogP contribution >= 0.6 is 0 Å². The van der Waals surface area contributed by atoms with Gasteiger partial charge in [-0.3, -0.25) is 4.79 Å². The van der Waals surface area contributed by atoms with Crippen LogP contribution in [-0.2, 0) is 30.4 Å². The molecule has 5 atom stereocenters. The molecule has 1 saturated heterocycles. The van der Waals surface area contributed by atoms with Gasteiger partial charge in [0.1, 0.15) is 24.9 Å². The molecule has 1 fully saturated rings. The minimum absolute atomic E-state index is 0.0246. The summed E-state index contributed by atoms with van der Waals surface area (Å²) in [6, 6.07) is 7.82. The Morgan fingerprint density at radius 3 is 2.41 bits per heavy atom. The van der Waals surface area contributed by atoms with Gasteiger partial charge in [0.05, 0.1) is 5.92 Å². The summed E-state index contributed by atoms with van der Waals surface area (Å²) in [6.45, 7) is 4.99. The number of carbonyl (C=O) groups is 3. The third-order valence-corrected chi connectivity index (χ3v) is 4.88. The number of hydrogen-bond acceptors (Lipinski definition) is 7. The topological polar surface area (TPSA) is 111 Å². The van der Waals surface area contributed by atoms with Crippen molar-refractivity contribution < 1.29 is 33.7 Å². The van der Waals surface area contributed by atoms with Gasteiger partial charge in [-0.05, 0) is 25.8 Å². The molecule has 0 unspecified atom stereocenters. The SMILES string of the molecule is CCCC[C@H]1C(=O)O[C@H](C)[C@H](NC(=O)OCc2ccccc2)C(=O)O[C@@H](C)[C@@H]1O. The number of unbranched alkanes of at least 4 members (excludes halogenated alkanes) is 1. The Bertz CT molecular complexity index is 694. The molecular weight excluding hydrogens is 378 g/mol. The highest BCUT2D eigenvalue weighted by atomic mass is 16.6. The Morgan fingerprint density at radius 1 is 1.10 bits per heavy atom. The zero-order valence-electron chi connectivity index (χ0n) is 17.0. The first-order chi connectivity index (χ1) is 13.8. The van der Waals surface area contributed by atoms with Gasteiger partial charge in [0.15, 0.2) is 6.04 Å². The van der Waals surface area contributed by atoms with Gasteiger partial charge in [-0.2, -0.15) is 0 Å². The van der Waals surface area contributed by atoms with Crippen molar-refractivity contribution in [2.45, 2.75) is 71.0 Å². The first kappa shape index (κ1) is 22.7. The molecule has 2 N–H and O–H groups in total. The highest BCUT2D eigenvalue weighted by molar-refractivity contribution is 5.83. The molecule has 0 aromatic heterocycles. The quantitative estimate of drug-likeness (QED) is 0.550. The predicted molar refractivity (Wildman–Crippen MR) is 104 cm³/mol. The largest absolute Gasteiger partial charge is 0.460 e. The van der Waals surface area contributed by atoms with Gasteiger partial charge < -0.3 is 24.6 Å². The molecule has 0 spiro atoms. The van der Waals surface area contributed by atoms with Crippen molar-refractivity contribution in [3.05, 3.63) is 35.9 Å². The lowest BCUT2D eigenvalue weighted by Crippen LogP contribution is -2.50. The number of carbonyl (C=O) groups excluding carboxylic acids is 3. The molecule has 29 heavy (non-hydrogen) atoms. The van der Waals surface area contributed by atoms with Crippen LogP contribution in [0.1, 0.15) is 45.6 Å². The minimum Gasteiger partial charge on any atom is -0.460 e. The molecule has 2 rings (SSSR count). The molecule has 0 saturated carbocycles. The van der Waals surface area contributed by atoms with Gasteiger partial charge >= 0.3 is 18.0 Å². The van der Waals surface area contributed by atoms with Gasteiger partial charge in [-0.1, -0.05) is 50.1 Å². The van der Waals surface area contributed by atoms with Crippen molar-refractivity contribution >= 4 is 18.0 Å². The fourth-order valence-electron chi connectivity index (χ4n) is 3.10. The van der Waals surface area contributed by atoms with E-state index in [1.807, 2.05) is 25.1 Å². The number of alkyl carbamates (subject to hydrolysis) is 1. The van der Waals surface area contributed by atoms with E-state index < -0.39 is 48.3 Å². The molecule has 1 aromatic rings. The standard InChI is InChI=1S/C21H29NO7/c1-4-5-11-16-18(23)14(3)29-20(25)17(13(2)28-19(16)24)22-21(26)27-12-15-9-7-6-8-10-15/h6-10,13-14,16-18,23H,4-5,11-12H2,1-3H3,(H,22,26)/t13-,14+,16-,17+,18+/m1/s1. The van der Waals surface area contributed by atoms with Crippen molar-refractivity contribution in [2.75, 3.05) is 0 Å². The minimum atomic E-state index is -1.25. The van der Waals surface area contributed by atoms with E-state index in [1.165, 1.54) is 13.8 Å². The second-order valence-corrected chi connectivity index (χ2v) is 7.21. The molecule has 0 radical (unpaired) electrons. The van der Waals surface area contributed by atoms with Crippen LogP contribution in [0.2, 0.25) is 0 Å². The summed E-state index contributed by atoms with van der Waals surface area (Å²) in [4.78, 5) is 37.2. The number of amides is 1. The number of esters is 2. The van der Waals surface area contributed by atoms with Crippen LogP contribution in [-0.4, -0.2) is 47.5 Å². The Morgan fingerprint density at radius 2 is 1.76 bits per heavy atom. The number of aliphatic hydroxyl groups excluding tert-OH is 1. The Hall–Kier alpha value is -2.61. The maximum Gasteiger partial charge on any atom is 0.408 e. The van der Waals surface area contributed by atoms with Gasteiger partial charge in [-0.25, -0.2) is 9.59 Å². The summed E-state index contributed by atoms with van der Waals surface area (Å²) in [5, 5.41) is 12.9. The highest BCUT2D eigenvalue weighted by Crippen LogP contribution is 2.23. The number of hydrogen-bond donors (Lipinski definition) is 2. The van der Waals surface area contributed by atoms with E-state index in [1.54, 1.807) is 12.1 Å². The van der Waals surface area contributed by atoms with Gasteiger partial charge in [0.2, 0.25) is 0 Å². The van der Waals surface area contributed by atoms with Crippen LogP contribution in [0.3, 0.4) is 0 Å². The van der Waals surface area contributed by atoms with Crippen LogP contribution < -0.4 is 5.32 Å². The number of nitrogens with one attached hydrogen (secondary N) is 1. The lowest BCUT2D eigenvalue weighted by molar-refractivity contribution is -0.160. The summed E-state index contributed by atoms with van der Waals surface area (Å²) < 4.78 is 15.8. The van der Waals surface area contributed by atoms with Crippen LogP contribution in [0.25, 0.3) is 0 Å². The lowest BCUT2D eigenvalue weighted by atomic mass is 9.93. The van der Waals surface area contributed by atoms with E-state index in [0.717, 1.165) is 18.4 Å². The summed E-state index contributed by atoms with van der Waals surface area (Å²) in [7, 11) is 0. The van der Waals surface area contributed by atoms with Crippen molar-refractivity contribution in [1.82, 2.24) is 5.32 Å². The monoisotopic (exact) mass is 407 g/mol. The smallest absolute Gasteiger partial charge is 0.408 e. The normalized spacial score (nSPS) is 27.7. The van der Waals surface area contributed by atoms with Crippen LogP contribution in [0.5, 0.6) is 0 Å². The van der Waals surface area contributed by atoms with Crippen LogP contribution in [0, 0.1) is 5.92 Å². The average Bonchev–Trinajstić information content (AvgIpc) is 2.72. The van der Waals surface area contributed by atoms with Gasteiger partial charge in [0, 0.05) is 0 Å². The summed E-state index contributed by atoms with van der Waals surface area (Å²) in [5.74, 6) is -2.22. The average molecular weight is 407 g/mol. The molecule has 0 aliphatic carbocycles. The summed E-state index contributed by atoms with van der Waals surface area (Å²) in [5.41, 5.74) is 0.787. The lowest BCUT2D eigenvalue weighted by Gasteiger charge is -2.24. The Kier molecular flexibility index (Phi) is 8.45. The molecule has 160 valence electrons. The zero-order valence-corrected chi connectivity index (χ0v) is 17.0. The molecule has 1 aliphatic heterocycles. The van der Waals surface area contributed by atoms with Crippen LogP contribution in [0.4, 0.5) is 4.79 Å². The third-order valence-electron chi connectivity index (χ3n) is 4.88. The van der Waals surface area contributed by atoms with Crippen LogP contribution in [0.15, 0.2) is 30.3 Å². The van der Waals surface area contributed by atoms with E-state index in [-0.39, 0.29) is 6.61 Å². The maximum absolute atomic E-state index is 12.5. The first-order valence-electron chi connectivity index (χ1n) is 9.89. The fraction of sp³-hybridized carbons (Fsp3) is 0.571. The Labute approximate surface area is 170 Å². The van der Waals surface area contributed by atoms with Gasteiger partial charge in [0.25, 0.3) is 0 Å². The number of cyclic esters (lactones) is 2. The van der Waals surface area contributed by atoms with E-state index in [2.05, 4.69) is 5.32 Å². The number of benzene rings is 1. The van der Waals surface area contributed by atoms with Crippen molar-refractivity contribution in [3.63, 3.8) is 0 Å².